The molecule has 152 valence electrons. The molecular formula is C23H23N5OS. The summed E-state index contributed by atoms with van der Waals surface area (Å²) < 4.78 is 2.23. The fourth-order valence-corrected chi connectivity index (χ4v) is 5.00. The Morgan fingerprint density at radius 1 is 1.10 bits per heavy atom. The standard InChI is InChI=1S/C23H23N5OS/c29-21(13-17-15-30-22(25-17)16-7-6-12-24-14-16)27-23-26-19-10-4-5-11-20(19)28(23)18-8-2-1-3-9-18/h4-7,10-12,14-15,18H,1-3,8-9,13H2,(H,26,27,29). The molecule has 7 heteroatoms. The molecule has 1 N–H and O–H groups in total. The van der Waals surface area contributed by atoms with Crippen LogP contribution in [0.3, 0.4) is 0 Å². The van der Waals surface area contributed by atoms with E-state index in [1.807, 2.05) is 35.7 Å². The van der Waals surface area contributed by atoms with Gasteiger partial charge < -0.3 is 4.57 Å². The van der Waals surface area contributed by atoms with Crippen molar-refractivity contribution in [3.05, 3.63) is 59.9 Å². The zero-order valence-electron chi connectivity index (χ0n) is 16.6. The molecule has 1 fully saturated rings. The van der Waals surface area contributed by atoms with Crippen molar-refractivity contribution in [2.75, 3.05) is 5.32 Å². The third-order valence-electron chi connectivity index (χ3n) is 5.59. The van der Waals surface area contributed by atoms with Crippen LogP contribution in [0.25, 0.3) is 21.6 Å². The van der Waals surface area contributed by atoms with Crippen molar-refractivity contribution in [1.29, 1.82) is 0 Å². The van der Waals surface area contributed by atoms with Gasteiger partial charge in [-0.25, -0.2) is 9.97 Å². The van der Waals surface area contributed by atoms with E-state index in [2.05, 4.69) is 25.9 Å². The number of thiazole rings is 1. The number of pyridine rings is 1. The minimum Gasteiger partial charge on any atom is -0.307 e. The molecule has 0 radical (unpaired) electrons. The highest BCUT2D eigenvalue weighted by atomic mass is 32.1. The Morgan fingerprint density at radius 3 is 2.80 bits per heavy atom. The van der Waals surface area contributed by atoms with Gasteiger partial charge in [-0.2, -0.15) is 0 Å². The number of benzene rings is 1. The van der Waals surface area contributed by atoms with Crippen LogP contribution in [0.1, 0.15) is 43.8 Å². The quantitative estimate of drug-likeness (QED) is 0.482. The Balaban J connectivity index is 1.37. The first-order chi connectivity index (χ1) is 14.8. The number of aromatic nitrogens is 4. The molecule has 0 bridgehead atoms. The largest absolute Gasteiger partial charge is 0.307 e. The average Bonchev–Trinajstić information content (AvgIpc) is 3.39. The van der Waals surface area contributed by atoms with Crippen LogP contribution in [0.15, 0.2) is 54.2 Å². The summed E-state index contributed by atoms with van der Waals surface area (Å²) in [4.78, 5) is 26.3. The van der Waals surface area contributed by atoms with E-state index in [1.54, 1.807) is 12.4 Å². The minimum absolute atomic E-state index is 0.0922. The fraction of sp³-hybridized carbons (Fsp3) is 0.304. The number of carbonyl (C=O) groups excluding carboxylic acids is 1. The van der Waals surface area contributed by atoms with Crippen molar-refractivity contribution < 1.29 is 4.79 Å². The van der Waals surface area contributed by atoms with Crippen LogP contribution in [0.4, 0.5) is 5.95 Å². The summed E-state index contributed by atoms with van der Waals surface area (Å²) in [7, 11) is 0. The van der Waals surface area contributed by atoms with E-state index in [0.29, 0.717) is 12.0 Å². The fourth-order valence-electron chi connectivity index (χ4n) is 4.18. The highest BCUT2D eigenvalue weighted by Crippen LogP contribution is 2.34. The second-order valence-electron chi connectivity index (χ2n) is 7.70. The van der Waals surface area contributed by atoms with Crippen LogP contribution >= 0.6 is 11.3 Å². The van der Waals surface area contributed by atoms with Crippen molar-refractivity contribution in [1.82, 2.24) is 19.5 Å². The van der Waals surface area contributed by atoms with Crippen LogP contribution in [0, 0.1) is 0 Å². The lowest BCUT2D eigenvalue weighted by molar-refractivity contribution is -0.115. The van der Waals surface area contributed by atoms with Gasteiger partial charge in [0.25, 0.3) is 0 Å². The molecular weight excluding hydrogens is 394 g/mol. The van der Waals surface area contributed by atoms with Gasteiger partial charge in [0.05, 0.1) is 23.1 Å². The van der Waals surface area contributed by atoms with Crippen LogP contribution < -0.4 is 5.32 Å². The van der Waals surface area contributed by atoms with E-state index in [0.717, 1.165) is 40.1 Å². The molecule has 1 aliphatic carbocycles. The molecule has 0 aliphatic heterocycles. The van der Waals surface area contributed by atoms with Gasteiger partial charge in [-0.15, -0.1) is 11.3 Å². The molecule has 0 unspecified atom stereocenters. The SMILES string of the molecule is O=C(Cc1csc(-c2cccnc2)n1)Nc1nc2ccccc2n1C1CCCCC1. The number of amides is 1. The predicted octanol–water partition coefficient (Wildman–Crippen LogP) is 5.24. The van der Waals surface area contributed by atoms with Gasteiger partial charge in [-0.1, -0.05) is 31.4 Å². The lowest BCUT2D eigenvalue weighted by Crippen LogP contribution is -2.21. The predicted molar refractivity (Wildman–Crippen MR) is 120 cm³/mol. The van der Waals surface area contributed by atoms with Gasteiger partial charge in [-0.3, -0.25) is 15.1 Å². The Bertz CT molecular complexity index is 1160. The number of nitrogens with one attached hydrogen (secondary N) is 1. The van der Waals surface area contributed by atoms with Crippen molar-refractivity contribution in [3.8, 4) is 10.6 Å². The number of para-hydroxylation sites is 2. The summed E-state index contributed by atoms with van der Waals surface area (Å²) in [5.74, 6) is 0.557. The van der Waals surface area contributed by atoms with Crippen LogP contribution in [-0.2, 0) is 11.2 Å². The first-order valence-electron chi connectivity index (χ1n) is 10.4. The summed E-state index contributed by atoms with van der Waals surface area (Å²) in [6, 6.07) is 12.4. The number of fused-ring (bicyclic) bond motifs is 1. The van der Waals surface area contributed by atoms with Gasteiger partial charge in [0.1, 0.15) is 5.01 Å². The zero-order chi connectivity index (χ0) is 20.3. The number of hydrogen-bond donors (Lipinski definition) is 1. The van der Waals surface area contributed by atoms with E-state index >= 15 is 0 Å². The van der Waals surface area contributed by atoms with Gasteiger partial charge >= 0.3 is 0 Å². The molecule has 1 aromatic carbocycles. The number of anilines is 1. The van der Waals surface area contributed by atoms with E-state index < -0.39 is 0 Å². The van der Waals surface area contributed by atoms with Crippen LogP contribution in [0.2, 0.25) is 0 Å². The number of carbonyl (C=O) groups is 1. The maximum Gasteiger partial charge on any atom is 0.232 e. The molecule has 1 amide bonds. The van der Waals surface area contributed by atoms with Gasteiger partial charge in [0, 0.05) is 29.4 Å². The van der Waals surface area contributed by atoms with Gasteiger partial charge in [0.15, 0.2) is 0 Å². The van der Waals surface area contributed by atoms with E-state index in [-0.39, 0.29) is 12.3 Å². The van der Waals surface area contributed by atoms with Gasteiger partial charge in [-0.05, 0) is 37.1 Å². The Labute approximate surface area is 179 Å². The summed E-state index contributed by atoms with van der Waals surface area (Å²) in [5, 5.41) is 5.87. The smallest absolute Gasteiger partial charge is 0.232 e. The molecule has 5 rings (SSSR count). The highest BCUT2D eigenvalue weighted by molar-refractivity contribution is 7.13. The zero-order valence-corrected chi connectivity index (χ0v) is 17.4. The maximum absolute atomic E-state index is 12.8. The normalized spacial score (nSPS) is 14.8. The number of rotatable bonds is 5. The highest BCUT2D eigenvalue weighted by Gasteiger charge is 2.22. The third kappa shape index (κ3) is 3.85. The lowest BCUT2D eigenvalue weighted by Gasteiger charge is -2.25. The number of hydrogen-bond acceptors (Lipinski definition) is 5. The Hall–Kier alpha value is -3.06. The molecule has 1 saturated carbocycles. The Morgan fingerprint density at radius 2 is 1.97 bits per heavy atom. The maximum atomic E-state index is 12.8. The Kier molecular flexibility index (Phi) is 5.27. The second-order valence-corrected chi connectivity index (χ2v) is 8.55. The van der Waals surface area contributed by atoms with Crippen LogP contribution in [-0.4, -0.2) is 25.4 Å². The van der Waals surface area contributed by atoms with Crippen molar-refractivity contribution in [2.45, 2.75) is 44.6 Å². The summed E-state index contributed by atoms with van der Waals surface area (Å²) >= 11 is 1.53. The van der Waals surface area contributed by atoms with E-state index in [4.69, 9.17) is 4.98 Å². The molecule has 6 nitrogen and oxygen atoms in total. The molecule has 4 aromatic rings. The number of nitrogens with zero attached hydrogens (tertiary/aromatic N) is 4. The second kappa shape index (κ2) is 8.36. The molecule has 0 saturated heterocycles. The number of imidazole rings is 1. The van der Waals surface area contributed by atoms with Crippen molar-refractivity contribution in [2.24, 2.45) is 0 Å². The van der Waals surface area contributed by atoms with Gasteiger partial charge in [0.2, 0.25) is 11.9 Å². The van der Waals surface area contributed by atoms with E-state index in [9.17, 15) is 4.79 Å². The molecule has 3 aromatic heterocycles. The first-order valence-corrected chi connectivity index (χ1v) is 11.3. The topological polar surface area (TPSA) is 72.7 Å². The third-order valence-corrected chi connectivity index (χ3v) is 6.53. The molecule has 1 aliphatic rings. The van der Waals surface area contributed by atoms with Crippen molar-refractivity contribution >= 4 is 34.2 Å². The summed E-state index contributed by atoms with van der Waals surface area (Å²) in [6.45, 7) is 0. The monoisotopic (exact) mass is 417 g/mol. The lowest BCUT2D eigenvalue weighted by atomic mass is 9.95. The molecule has 3 heterocycles. The average molecular weight is 418 g/mol. The minimum atomic E-state index is -0.0922. The summed E-state index contributed by atoms with van der Waals surface area (Å²) in [6.07, 6.45) is 9.74. The molecule has 0 spiro atoms. The summed E-state index contributed by atoms with van der Waals surface area (Å²) in [5.41, 5.74) is 3.74. The van der Waals surface area contributed by atoms with E-state index in [1.165, 1.54) is 30.6 Å². The van der Waals surface area contributed by atoms with Crippen LogP contribution in [0.5, 0.6) is 0 Å². The molecule has 0 atom stereocenters. The van der Waals surface area contributed by atoms with Crippen molar-refractivity contribution in [3.63, 3.8) is 0 Å². The first kappa shape index (κ1) is 18.9. The molecule has 30 heavy (non-hydrogen) atoms.